The van der Waals surface area contributed by atoms with Crippen molar-refractivity contribution in [1.29, 1.82) is 0 Å². The SMILES string of the molecule is CCC(Nc1ccc(O)cc1)C(C)C. The molecule has 1 aromatic rings. The monoisotopic (exact) mass is 193 g/mol. The van der Waals surface area contributed by atoms with Gasteiger partial charge in [0, 0.05) is 11.7 Å². The third-order valence-corrected chi connectivity index (χ3v) is 2.46. The molecule has 0 saturated heterocycles. The summed E-state index contributed by atoms with van der Waals surface area (Å²) in [5, 5.41) is 12.6. The van der Waals surface area contributed by atoms with E-state index in [9.17, 15) is 0 Å². The average Bonchev–Trinajstić information content (AvgIpc) is 2.16. The Morgan fingerprint density at radius 2 is 1.79 bits per heavy atom. The molecule has 0 fully saturated rings. The molecule has 1 rings (SSSR count). The Balaban J connectivity index is 2.63. The Morgan fingerprint density at radius 3 is 2.21 bits per heavy atom. The number of hydrogen-bond donors (Lipinski definition) is 2. The van der Waals surface area contributed by atoms with Crippen LogP contribution in [-0.2, 0) is 0 Å². The number of benzene rings is 1. The van der Waals surface area contributed by atoms with Crippen molar-refractivity contribution in [3.05, 3.63) is 24.3 Å². The normalized spacial score (nSPS) is 12.9. The van der Waals surface area contributed by atoms with E-state index >= 15 is 0 Å². The molecule has 1 unspecified atom stereocenters. The molecule has 0 aliphatic rings. The second kappa shape index (κ2) is 4.89. The molecule has 0 aliphatic heterocycles. The summed E-state index contributed by atoms with van der Waals surface area (Å²) in [4.78, 5) is 0. The van der Waals surface area contributed by atoms with Crippen LogP contribution in [0.4, 0.5) is 5.69 Å². The number of aromatic hydroxyl groups is 1. The second-order valence-corrected chi connectivity index (χ2v) is 3.95. The van der Waals surface area contributed by atoms with Crippen LogP contribution >= 0.6 is 0 Å². The zero-order chi connectivity index (χ0) is 10.6. The van der Waals surface area contributed by atoms with Gasteiger partial charge in [-0.15, -0.1) is 0 Å². The molecular formula is C12H19NO. The first-order chi connectivity index (χ1) is 6.63. The third-order valence-electron chi connectivity index (χ3n) is 2.46. The lowest BCUT2D eigenvalue weighted by Crippen LogP contribution is -2.24. The highest BCUT2D eigenvalue weighted by atomic mass is 16.3. The molecule has 78 valence electrons. The van der Waals surface area contributed by atoms with Gasteiger partial charge < -0.3 is 10.4 Å². The van der Waals surface area contributed by atoms with Crippen molar-refractivity contribution in [1.82, 2.24) is 0 Å². The summed E-state index contributed by atoms with van der Waals surface area (Å²) in [6.07, 6.45) is 1.11. The predicted octanol–water partition coefficient (Wildman–Crippen LogP) is 3.24. The van der Waals surface area contributed by atoms with Crippen LogP contribution in [0.2, 0.25) is 0 Å². The second-order valence-electron chi connectivity index (χ2n) is 3.95. The van der Waals surface area contributed by atoms with E-state index in [2.05, 4.69) is 26.1 Å². The molecular weight excluding hydrogens is 174 g/mol. The third kappa shape index (κ3) is 2.95. The van der Waals surface area contributed by atoms with Crippen LogP contribution in [0.15, 0.2) is 24.3 Å². The van der Waals surface area contributed by atoms with Crippen molar-refractivity contribution in [3.8, 4) is 5.75 Å². The highest BCUT2D eigenvalue weighted by molar-refractivity contribution is 5.46. The van der Waals surface area contributed by atoms with Crippen LogP contribution < -0.4 is 5.32 Å². The van der Waals surface area contributed by atoms with Gasteiger partial charge in [-0.3, -0.25) is 0 Å². The van der Waals surface area contributed by atoms with E-state index in [1.165, 1.54) is 0 Å². The maximum absolute atomic E-state index is 9.13. The summed E-state index contributed by atoms with van der Waals surface area (Å²) >= 11 is 0. The lowest BCUT2D eigenvalue weighted by molar-refractivity contribution is 0.475. The molecule has 0 bridgehead atoms. The van der Waals surface area contributed by atoms with E-state index in [1.807, 2.05) is 12.1 Å². The highest BCUT2D eigenvalue weighted by Crippen LogP contribution is 2.17. The Hall–Kier alpha value is -1.18. The fourth-order valence-corrected chi connectivity index (χ4v) is 1.51. The lowest BCUT2D eigenvalue weighted by Gasteiger charge is -2.21. The van der Waals surface area contributed by atoms with Gasteiger partial charge in [0.25, 0.3) is 0 Å². The quantitative estimate of drug-likeness (QED) is 0.719. The van der Waals surface area contributed by atoms with Crippen molar-refractivity contribution in [2.75, 3.05) is 5.32 Å². The molecule has 0 aliphatic carbocycles. The van der Waals surface area contributed by atoms with Crippen molar-refractivity contribution >= 4 is 5.69 Å². The van der Waals surface area contributed by atoms with Gasteiger partial charge >= 0.3 is 0 Å². The van der Waals surface area contributed by atoms with E-state index < -0.39 is 0 Å². The first-order valence-electron chi connectivity index (χ1n) is 5.19. The highest BCUT2D eigenvalue weighted by Gasteiger charge is 2.09. The number of phenolic OH excluding ortho intramolecular Hbond substituents is 1. The first kappa shape index (κ1) is 10.9. The smallest absolute Gasteiger partial charge is 0.115 e. The molecule has 1 atom stereocenters. The van der Waals surface area contributed by atoms with Gasteiger partial charge in [-0.25, -0.2) is 0 Å². The number of phenols is 1. The van der Waals surface area contributed by atoms with Gasteiger partial charge in [-0.2, -0.15) is 0 Å². The molecule has 0 radical (unpaired) electrons. The van der Waals surface area contributed by atoms with Crippen LogP contribution in [0, 0.1) is 5.92 Å². The standard InChI is InChI=1S/C12H19NO/c1-4-12(9(2)3)13-10-5-7-11(14)8-6-10/h5-9,12-14H,4H2,1-3H3. The van der Waals surface area contributed by atoms with Crippen LogP contribution in [0.5, 0.6) is 5.75 Å². The van der Waals surface area contributed by atoms with Crippen LogP contribution in [0.3, 0.4) is 0 Å². The van der Waals surface area contributed by atoms with E-state index in [0.29, 0.717) is 17.7 Å². The fourth-order valence-electron chi connectivity index (χ4n) is 1.51. The minimum Gasteiger partial charge on any atom is -0.508 e. The molecule has 2 nitrogen and oxygen atoms in total. The fraction of sp³-hybridized carbons (Fsp3) is 0.500. The molecule has 0 heterocycles. The molecule has 2 heteroatoms. The molecule has 0 spiro atoms. The number of anilines is 1. The molecule has 0 saturated carbocycles. The van der Waals surface area contributed by atoms with Crippen molar-refractivity contribution in [3.63, 3.8) is 0 Å². The zero-order valence-electron chi connectivity index (χ0n) is 9.12. The minimum absolute atomic E-state index is 0.313. The van der Waals surface area contributed by atoms with Crippen LogP contribution in [0.25, 0.3) is 0 Å². The van der Waals surface area contributed by atoms with Crippen molar-refractivity contribution in [2.45, 2.75) is 33.2 Å². The first-order valence-corrected chi connectivity index (χ1v) is 5.19. The largest absolute Gasteiger partial charge is 0.508 e. The summed E-state index contributed by atoms with van der Waals surface area (Å²) in [6, 6.07) is 7.71. The Kier molecular flexibility index (Phi) is 3.81. The molecule has 2 N–H and O–H groups in total. The van der Waals surface area contributed by atoms with Gasteiger partial charge in [0.2, 0.25) is 0 Å². The average molecular weight is 193 g/mol. The number of rotatable bonds is 4. The zero-order valence-corrected chi connectivity index (χ0v) is 9.12. The van der Waals surface area contributed by atoms with Crippen molar-refractivity contribution < 1.29 is 5.11 Å². The molecule has 1 aromatic carbocycles. The van der Waals surface area contributed by atoms with E-state index in [4.69, 9.17) is 5.11 Å². The molecule has 0 aromatic heterocycles. The summed E-state index contributed by atoms with van der Waals surface area (Å²) in [7, 11) is 0. The maximum Gasteiger partial charge on any atom is 0.115 e. The Labute approximate surface area is 86.0 Å². The van der Waals surface area contributed by atoms with E-state index in [-0.39, 0.29) is 0 Å². The van der Waals surface area contributed by atoms with E-state index in [1.54, 1.807) is 12.1 Å². The van der Waals surface area contributed by atoms with Gasteiger partial charge in [0.05, 0.1) is 0 Å². The summed E-state index contributed by atoms with van der Waals surface area (Å²) in [6.45, 7) is 6.60. The molecule has 14 heavy (non-hydrogen) atoms. The van der Waals surface area contributed by atoms with Gasteiger partial charge in [0.15, 0.2) is 0 Å². The molecule has 0 amide bonds. The minimum atomic E-state index is 0.313. The Morgan fingerprint density at radius 1 is 1.21 bits per heavy atom. The predicted molar refractivity (Wildman–Crippen MR) is 60.6 cm³/mol. The van der Waals surface area contributed by atoms with E-state index in [0.717, 1.165) is 12.1 Å². The summed E-state index contributed by atoms with van der Waals surface area (Å²) in [5.74, 6) is 0.932. The Bertz CT molecular complexity index is 266. The number of nitrogens with one attached hydrogen (secondary N) is 1. The van der Waals surface area contributed by atoms with Crippen LogP contribution in [-0.4, -0.2) is 11.1 Å². The lowest BCUT2D eigenvalue weighted by atomic mass is 10.0. The topological polar surface area (TPSA) is 32.3 Å². The van der Waals surface area contributed by atoms with Gasteiger partial charge in [-0.1, -0.05) is 20.8 Å². The van der Waals surface area contributed by atoms with Gasteiger partial charge in [0.1, 0.15) is 5.75 Å². The van der Waals surface area contributed by atoms with Gasteiger partial charge in [-0.05, 0) is 36.6 Å². The van der Waals surface area contributed by atoms with Crippen molar-refractivity contribution in [2.24, 2.45) is 5.92 Å². The number of hydrogen-bond acceptors (Lipinski definition) is 2. The van der Waals surface area contributed by atoms with Crippen LogP contribution in [0.1, 0.15) is 27.2 Å². The summed E-state index contributed by atoms with van der Waals surface area (Å²) in [5.41, 5.74) is 1.07. The maximum atomic E-state index is 9.13. The summed E-state index contributed by atoms with van der Waals surface area (Å²) < 4.78 is 0.